The van der Waals surface area contributed by atoms with Gasteiger partial charge in [0, 0.05) is 45.1 Å². The molecule has 3 heterocycles. The highest BCUT2D eigenvalue weighted by molar-refractivity contribution is 6.17. The van der Waals surface area contributed by atoms with Crippen LogP contribution in [0.2, 0.25) is 0 Å². The zero-order valence-electron chi connectivity index (χ0n) is 20.5. The van der Waals surface area contributed by atoms with Gasteiger partial charge in [0.15, 0.2) is 0 Å². The summed E-state index contributed by atoms with van der Waals surface area (Å²) in [7, 11) is 0. The Morgan fingerprint density at radius 1 is 0.474 bits per heavy atom. The van der Waals surface area contributed by atoms with Gasteiger partial charge >= 0.3 is 0 Å². The van der Waals surface area contributed by atoms with Crippen molar-refractivity contribution in [3.05, 3.63) is 134 Å². The highest BCUT2D eigenvalue weighted by atomic mass is 16.3. The number of aromatic nitrogens is 2. The molecule has 38 heavy (non-hydrogen) atoms. The number of fused-ring (bicyclic) bond motifs is 6. The van der Waals surface area contributed by atoms with Crippen LogP contribution < -0.4 is 0 Å². The lowest BCUT2D eigenvalue weighted by Gasteiger charge is -2.10. The predicted octanol–water partition coefficient (Wildman–Crippen LogP) is 9.41. The normalized spacial score (nSPS) is 11.7. The fourth-order valence-electron chi connectivity index (χ4n) is 5.66. The van der Waals surface area contributed by atoms with Crippen LogP contribution in [0.3, 0.4) is 0 Å². The summed E-state index contributed by atoms with van der Waals surface area (Å²) in [5, 5.41) is 4.71. The van der Waals surface area contributed by atoms with Crippen LogP contribution in [0.4, 0.5) is 0 Å². The maximum atomic E-state index is 6.41. The molecule has 0 fully saturated rings. The fourth-order valence-corrected chi connectivity index (χ4v) is 5.66. The molecule has 8 aromatic rings. The molecule has 8 rings (SSSR count). The van der Waals surface area contributed by atoms with Gasteiger partial charge in [-0.05, 0) is 59.7 Å². The van der Waals surface area contributed by atoms with Crippen LogP contribution in [0.15, 0.2) is 138 Å². The molecule has 0 aliphatic carbocycles. The third-order valence-electron chi connectivity index (χ3n) is 7.44. The molecule has 3 aromatic heterocycles. The van der Waals surface area contributed by atoms with E-state index in [1.54, 1.807) is 0 Å². The first-order chi connectivity index (χ1) is 18.8. The molecule has 0 radical (unpaired) electrons. The van der Waals surface area contributed by atoms with E-state index in [1.165, 1.54) is 27.4 Å². The first-order valence-electron chi connectivity index (χ1n) is 12.8. The van der Waals surface area contributed by atoms with Crippen molar-refractivity contribution in [2.45, 2.75) is 0 Å². The first-order valence-corrected chi connectivity index (χ1v) is 12.8. The summed E-state index contributed by atoms with van der Waals surface area (Å²) in [6, 6.07) is 44.7. The Morgan fingerprint density at radius 3 is 2.18 bits per heavy atom. The van der Waals surface area contributed by atoms with Crippen molar-refractivity contribution in [2.24, 2.45) is 0 Å². The average Bonchev–Trinajstić information content (AvgIpc) is 3.51. The Labute approximate surface area is 219 Å². The first kappa shape index (κ1) is 21.0. The molecule has 5 aromatic carbocycles. The lowest BCUT2D eigenvalue weighted by molar-refractivity contribution is 0.669. The monoisotopic (exact) mass is 486 g/mol. The summed E-state index contributed by atoms with van der Waals surface area (Å²) in [6.07, 6.45) is 1.84. The number of rotatable bonds is 3. The van der Waals surface area contributed by atoms with E-state index in [2.05, 4.69) is 113 Å². The molecule has 0 bridgehead atoms. The molecular formula is C35H22N2O. The van der Waals surface area contributed by atoms with Gasteiger partial charge in [-0.15, -0.1) is 0 Å². The van der Waals surface area contributed by atoms with Crippen molar-refractivity contribution < 1.29 is 4.42 Å². The average molecular weight is 487 g/mol. The third kappa shape index (κ3) is 3.19. The van der Waals surface area contributed by atoms with Crippen LogP contribution >= 0.6 is 0 Å². The quantitative estimate of drug-likeness (QED) is 0.249. The summed E-state index contributed by atoms with van der Waals surface area (Å²) in [5.74, 6) is 0. The lowest BCUT2D eigenvalue weighted by atomic mass is 10.0. The maximum Gasteiger partial charge on any atom is 0.137 e. The van der Waals surface area contributed by atoms with E-state index in [9.17, 15) is 0 Å². The molecule has 3 nitrogen and oxygen atoms in total. The van der Waals surface area contributed by atoms with E-state index in [4.69, 9.17) is 4.42 Å². The van der Waals surface area contributed by atoms with Crippen molar-refractivity contribution in [3.8, 4) is 28.1 Å². The second kappa shape index (κ2) is 8.19. The van der Waals surface area contributed by atoms with Crippen molar-refractivity contribution >= 4 is 43.7 Å². The zero-order valence-corrected chi connectivity index (χ0v) is 20.5. The Bertz CT molecular complexity index is 2120. The van der Waals surface area contributed by atoms with Crippen LogP contribution in [-0.4, -0.2) is 9.55 Å². The summed E-state index contributed by atoms with van der Waals surface area (Å²) >= 11 is 0. The third-order valence-corrected chi connectivity index (χ3v) is 7.44. The summed E-state index contributed by atoms with van der Waals surface area (Å²) in [6.45, 7) is 0. The SMILES string of the molecule is c1ccc(-c2ccc3oc4cc5c(cc4c3c2)c2ccccc2n5-c2cccc(-c3ccccn3)c2)cc1. The number of hydrogen-bond acceptors (Lipinski definition) is 2. The number of benzene rings is 5. The van der Waals surface area contributed by atoms with Gasteiger partial charge in [0.2, 0.25) is 0 Å². The summed E-state index contributed by atoms with van der Waals surface area (Å²) in [4.78, 5) is 4.57. The number of nitrogens with zero attached hydrogens (tertiary/aromatic N) is 2. The Morgan fingerprint density at radius 2 is 1.29 bits per heavy atom. The molecule has 0 atom stereocenters. The molecular weight excluding hydrogens is 464 g/mol. The molecule has 0 N–H and O–H groups in total. The predicted molar refractivity (Wildman–Crippen MR) is 157 cm³/mol. The minimum absolute atomic E-state index is 0.891. The van der Waals surface area contributed by atoms with Gasteiger partial charge in [0.05, 0.1) is 16.7 Å². The summed E-state index contributed by atoms with van der Waals surface area (Å²) < 4.78 is 8.74. The second-order valence-electron chi connectivity index (χ2n) is 9.66. The maximum absolute atomic E-state index is 6.41. The molecule has 0 saturated carbocycles. The van der Waals surface area contributed by atoms with Crippen LogP contribution in [0.5, 0.6) is 0 Å². The zero-order chi connectivity index (χ0) is 25.1. The number of para-hydroxylation sites is 1. The van der Waals surface area contributed by atoms with Crippen LogP contribution in [-0.2, 0) is 0 Å². The smallest absolute Gasteiger partial charge is 0.137 e. The molecule has 0 saturated heterocycles. The van der Waals surface area contributed by atoms with Gasteiger partial charge in [0.25, 0.3) is 0 Å². The van der Waals surface area contributed by atoms with E-state index in [0.29, 0.717) is 0 Å². The van der Waals surface area contributed by atoms with Gasteiger partial charge in [-0.25, -0.2) is 0 Å². The van der Waals surface area contributed by atoms with Crippen LogP contribution in [0, 0.1) is 0 Å². The van der Waals surface area contributed by atoms with E-state index < -0.39 is 0 Å². The minimum Gasteiger partial charge on any atom is -0.456 e. The van der Waals surface area contributed by atoms with E-state index >= 15 is 0 Å². The Kier molecular flexibility index (Phi) is 4.52. The highest BCUT2D eigenvalue weighted by Gasteiger charge is 2.17. The Balaban J connectivity index is 1.40. The molecule has 0 unspecified atom stereocenters. The van der Waals surface area contributed by atoms with Gasteiger partial charge in [0.1, 0.15) is 11.2 Å². The van der Waals surface area contributed by atoms with E-state index in [0.717, 1.165) is 44.4 Å². The number of pyridine rings is 1. The van der Waals surface area contributed by atoms with E-state index in [1.807, 2.05) is 30.5 Å². The van der Waals surface area contributed by atoms with Crippen LogP contribution in [0.25, 0.3) is 71.8 Å². The van der Waals surface area contributed by atoms with Gasteiger partial charge in [-0.1, -0.05) is 72.8 Å². The van der Waals surface area contributed by atoms with Crippen molar-refractivity contribution in [1.29, 1.82) is 0 Å². The van der Waals surface area contributed by atoms with Crippen LogP contribution in [0.1, 0.15) is 0 Å². The van der Waals surface area contributed by atoms with Crippen molar-refractivity contribution in [1.82, 2.24) is 9.55 Å². The number of furan rings is 1. The minimum atomic E-state index is 0.891. The molecule has 0 spiro atoms. The molecule has 178 valence electrons. The lowest BCUT2D eigenvalue weighted by Crippen LogP contribution is -1.94. The molecule has 0 aliphatic rings. The largest absolute Gasteiger partial charge is 0.456 e. The highest BCUT2D eigenvalue weighted by Crippen LogP contribution is 2.39. The fraction of sp³-hybridized carbons (Fsp3) is 0. The second-order valence-corrected chi connectivity index (χ2v) is 9.66. The number of hydrogen-bond donors (Lipinski definition) is 0. The van der Waals surface area contributed by atoms with Crippen molar-refractivity contribution in [2.75, 3.05) is 0 Å². The molecule has 0 amide bonds. The topological polar surface area (TPSA) is 31.0 Å². The standard InChI is InChI=1S/C35H22N2O/c1-2-9-23(10-3-1)24-16-17-34-29(20-24)30-21-28-27-13-4-5-15-32(27)37(33(28)22-35(30)38-34)26-12-8-11-25(19-26)31-14-6-7-18-36-31/h1-22H. The van der Waals surface area contributed by atoms with Gasteiger partial charge in [-0.2, -0.15) is 0 Å². The van der Waals surface area contributed by atoms with Gasteiger partial charge in [-0.3, -0.25) is 4.98 Å². The van der Waals surface area contributed by atoms with Crippen molar-refractivity contribution in [3.63, 3.8) is 0 Å². The molecule has 0 aliphatic heterocycles. The molecule has 3 heteroatoms. The Hall–Kier alpha value is -5.15. The van der Waals surface area contributed by atoms with E-state index in [-0.39, 0.29) is 0 Å². The van der Waals surface area contributed by atoms with Gasteiger partial charge < -0.3 is 8.98 Å². The summed E-state index contributed by atoms with van der Waals surface area (Å²) in [5.41, 5.74) is 9.63.